The van der Waals surface area contributed by atoms with E-state index in [0.29, 0.717) is 5.88 Å². The summed E-state index contributed by atoms with van der Waals surface area (Å²) in [5, 5.41) is 0. The van der Waals surface area contributed by atoms with Crippen LogP contribution in [0.4, 0.5) is 0 Å². The maximum absolute atomic E-state index is 5.71. The normalized spacial score (nSPS) is 9.83. The first-order valence-electron chi connectivity index (χ1n) is 4.03. The summed E-state index contributed by atoms with van der Waals surface area (Å²) in [6.07, 6.45) is 2.86. The SMILES string of the molecule is C=CCc1ccc(CCl)cc1C. The highest BCUT2D eigenvalue weighted by Gasteiger charge is 1.96. The lowest BCUT2D eigenvalue weighted by Crippen LogP contribution is -1.88. The highest BCUT2D eigenvalue weighted by Crippen LogP contribution is 2.13. The van der Waals surface area contributed by atoms with E-state index in [9.17, 15) is 0 Å². The van der Waals surface area contributed by atoms with Crippen molar-refractivity contribution in [1.82, 2.24) is 0 Å². The second-order valence-electron chi connectivity index (χ2n) is 2.89. The predicted octanol–water partition coefficient (Wildman–Crippen LogP) is 3.46. The van der Waals surface area contributed by atoms with Crippen molar-refractivity contribution in [3.8, 4) is 0 Å². The van der Waals surface area contributed by atoms with Gasteiger partial charge in [-0.2, -0.15) is 0 Å². The topological polar surface area (TPSA) is 0 Å². The third-order valence-electron chi connectivity index (χ3n) is 1.93. The van der Waals surface area contributed by atoms with Gasteiger partial charge in [0.05, 0.1) is 0 Å². The van der Waals surface area contributed by atoms with Gasteiger partial charge < -0.3 is 0 Å². The van der Waals surface area contributed by atoms with E-state index in [2.05, 4.69) is 31.7 Å². The smallest absolute Gasteiger partial charge is 0.0474 e. The Labute approximate surface area is 78.9 Å². The van der Waals surface area contributed by atoms with Crippen LogP contribution in [0, 0.1) is 6.92 Å². The average molecular weight is 181 g/mol. The largest absolute Gasteiger partial charge is 0.122 e. The summed E-state index contributed by atoms with van der Waals surface area (Å²) in [5.41, 5.74) is 3.81. The van der Waals surface area contributed by atoms with E-state index in [1.165, 1.54) is 16.7 Å². The Morgan fingerprint density at radius 3 is 2.75 bits per heavy atom. The predicted molar refractivity (Wildman–Crippen MR) is 54.6 cm³/mol. The number of halogens is 1. The summed E-state index contributed by atoms with van der Waals surface area (Å²) < 4.78 is 0. The zero-order valence-electron chi connectivity index (χ0n) is 7.31. The number of rotatable bonds is 3. The minimum atomic E-state index is 0.592. The molecule has 0 saturated carbocycles. The molecule has 0 unspecified atom stereocenters. The van der Waals surface area contributed by atoms with Gasteiger partial charge in [-0.15, -0.1) is 18.2 Å². The Balaban J connectivity index is 2.94. The maximum Gasteiger partial charge on any atom is 0.0474 e. The molecule has 0 bridgehead atoms. The lowest BCUT2D eigenvalue weighted by molar-refractivity contribution is 1.20. The van der Waals surface area contributed by atoms with Gasteiger partial charge in [0.2, 0.25) is 0 Å². The van der Waals surface area contributed by atoms with Gasteiger partial charge in [-0.05, 0) is 30.0 Å². The van der Waals surface area contributed by atoms with Crippen LogP contribution in [-0.4, -0.2) is 0 Å². The molecule has 0 radical (unpaired) electrons. The first-order valence-corrected chi connectivity index (χ1v) is 4.56. The van der Waals surface area contributed by atoms with Crippen LogP contribution in [0.2, 0.25) is 0 Å². The van der Waals surface area contributed by atoms with Crippen LogP contribution in [0.25, 0.3) is 0 Å². The molecule has 0 spiro atoms. The number of aryl methyl sites for hydroxylation is 1. The van der Waals surface area contributed by atoms with Gasteiger partial charge in [0, 0.05) is 5.88 Å². The molecule has 0 amide bonds. The van der Waals surface area contributed by atoms with E-state index in [1.807, 2.05) is 6.08 Å². The maximum atomic E-state index is 5.71. The molecule has 0 nitrogen and oxygen atoms in total. The van der Waals surface area contributed by atoms with Crippen LogP contribution < -0.4 is 0 Å². The summed E-state index contributed by atoms with van der Waals surface area (Å²) in [4.78, 5) is 0. The van der Waals surface area contributed by atoms with E-state index < -0.39 is 0 Å². The van der Waals surface area contributed by atoms with E-state index in [4.69, 9.17) is 11.6 Å². The van der Waals surface area contributed by atoms with Gasteiger partial charge in [-0.1, -0.05) is 24.3 Å². The zero-order chi connectivity index (χ0) is 8.97. The van der Waals surface area contributed by atoms with Crippen molar-refractivity contribution >= 4 is 11.6 Å². The molecular formula is C11H13Cl. The summed E-state index contributed by atoms with van der Waals surface area (Å²) in [7, 11) is 0. The Morgan fingerprint density at radius 1 is 1.50 bits per heavy atom. The second kappa shape index (κ2) is 4.32. The quantitative estimate of drug-likeness (QED) is 0.494. The molecule has 1 heteroatoms. The highest BCUT2D eigenvalue weighted by atomic mass is 35.5. The molecule has 0 saturated heterocycles. The molecule has 0 atom stereocenters. The molecule has 1 rings (SSSR count). The van der Waals surface area contributed by atoms with Crippen molar-refractivity contribution < 1.29 is 0 Å². The zero-order valence-corrected chi connectivity index (χ0v) is 8.06. The van der Waals surface area contributed by atoms with Gasteiger partial charge in [0.1, 0.15) is 0 Å². The molecule has 0 heterocycles. The molecule has 1 aromatic rings. The minimum Gasteiger partial charge on any atom is -0.122 e. The van der Waals surface area contributed by atoms with E-state index >= 15 is 0 Å². The Kier molecular flexibility index (Phi) is 3.36. The van der Waals surface area contributed by atoms with Crippen LogP contribution in [0.3, 0.4) is 0 Å². The number of hydrogen-bond donors (Lipinski definition) is 0. The summed E-state index contributed by atoms with van der Waals surface area (Å²) in [5.74, 6) is 0.592. The van der Waals surface area contributed by atoms with Crippen molar-refractivity contribution in [3.05, 3.63) is 47.5 Å². The Bertz CT molecular complexity index is 276. The molecule has 0 N–H and O–H groups in total. The Hall–Kier alpha value is -0.750. The molecule has 64 valence electrons. The third kappa shape index (κ3) is 2.12. The van der Waals surface area contributed by atoms with Crippen molar-refractivity contribution in [3.63, 3.8) is 0 Å². The Morgan fingerprint density at radius 2 is 2.25 bits per heavy atom. The van der Waals surface area contributed by atoms with Crippen LogP contribution >= 0.6 is 11.6 Å². The van der Waals surface area contributed by atoms with Gasteiger partial charge in [-0.3, -0.25) is 0 Å². The molecule has 1 aromatic carbocycles. The van der Waals surface area contributed by atoms with Crippen molar-refractivity contribution in [1.29, 1.82) is 0 Å². The van der Waals surface area contributed by atoms with Crippen LogP contribution in [0.15, 0.2) is 30.9 Å². The highest BCUT2D eigenvalue weighted by molar-refractivity contribution is 6.17. The number of hydrogen-bond acceptors (Lipinski definition) is 0. The van der Waals surface area contributed by atoms with E-state index in [-0.39, 0.29) is 0 Å². The standard InChI is InChI=1S/C11H13Cl/c1-3-4-11-6-5-10(8-12)7-9(11)2/h3,5-7H,1,4,8H2,2H3. The molecule has 12 heavy (non-hydrogen) atoms. The lowest BCUT2D eigenvalue weighted by atomic mass is 10.0. The first-order chi connectivity index (χ1) is 5.77. The van der Waals surface area contributed by atoms with Gasteiger partial charge in [0.15, 0.2) is 0 Å². The fourth-order valence-corrected chi connectivity index (χ4v) is 1.39. The van der Waals surface area contributed by atoms with Gasteiger partial charge in [-0.25, -0.2) is 0 Å². The van der Waals surface area contributed by atoms with Gasteiger partial charge >= 0.3 is 0 Å². The fraction of sp³-hybridized carbons (Fsp3) is 0.273. The monoisotopic (exact) mass is 180 g/mol. The van der Waals surface area contributed by atoms with Crippen molar-refractivity contribution in [2.75, 3.05) is 0 Å². The van der Waals surface area contributed by atoms with E-state index in [1.54, 1.807) is 0 Å². The minimum absolute atomic E-state index is 0.592. The molecule has 0 aromatic heterocycles. The number of allylic oxidation sites excluding steroid dienone is 1. The summed E-state index contributed by atoms with van der Waals surface area (Å²) in [6, 6.07) is 6.32. The summed E-state index contributed by atoms with van der Waals surface area (Å²) in [6.45, 7) is 5.82. The average Bonchev–Trinajstić information content (AvgIpc) is 2.09. The first kappa shape index (κ1) is 9.34. The molecule has 0 aliphatic carbocycles. The van der Waals surface area contributed by atoms with Crippen LogP contribution in [0.5, 0.6) is 0 Å². The molecule has 0 aliphatic heterocycles. The lowest BCUT2D eigenvalue weighted by Gasteiger charge is -2.04. The van der Waals surface area contributed by atoms with Gasteiger partial charge in [0.25, 0.3) is 0 Å². The molecular weight excluding hydrogens is 168 g/mol. The van der Waals surface area contributed by atoms with E-state index in [0.717, 1.165) is 6.42 Å². The number of benzene rings is 1. The molecule has 0 fully saturated rings. The number of alkyl halides is 1. The van der Waals surface area contributed by atoms with Crippen molar-refractivity contribution in [2.45, 2.75) is 19.2 Å². The second-order valence-corrected chi connectivity index (χ2v) is 3.15. The van der Waals surface area contributed by atoms with Crippen molar-refractivity contribution in [2.24, 2.45) is 0 Å². The summed E-state index contributed by atoms with van der Waals surface area (Å²) >= 11 is 5.71. The fourth-order valence-electron chi connectivity index (χ4n) is 1.23. The third-order valence-corrected chi connectivity index (χ3v) is 2.23. The molecule has 0 aliphatic rings. The van der Waals surface area contributed by atoms with Crippen LogP contribution in [0.1, 0.15) is 16.7 Å². The van der Waals surface area contributed by atoms with Crippen LogP contribution in [-0.2, 0) is 12.3 Å².